The van der Waals surface area contributed by atoms with E-state index in [2.05, 4.69) is 10.3 Å². The van der Waals surface area contributed by atoms with E-state index in [4.69, 9.17) is 5.11 Å². The van der Waals surface area contributed by atoms with E-state index < -0.39 is 0 Å². The molecule has 0 aliphatic rings. The maximum Gasteiger partial charge on any atom is 0.224 e. The normalized spacial score (nSPS) is 10.5. The van der Waals surface area contributed by atoms with E-state index in [1.807, 2.05) is 30.3 Å². The van der Waals surface area contributed by atoms with E-state index in [9.17, 15) is 4.79 Å². The van der Waals surface area contributed by atoms with Crippen molar-refractivity contribution in [2.75, 3.05) is 11.9 Å². The minimum absolute atomic E-state index is 0.0402. The number of anilines is 1. The van der Waals surface area contributed by atoms with Crippen LogP contribution >= 0.6 is 0 Å². The summed E-state index contributed by atoms with van der Waals surface area (Å²) >= 11 is 0. The first-order valence-corrected chi connectivity index (χ1v) is 6.06. The average Bonchev–Trinajstić information content (AvgIpc) is 2.39. The summed E-state index contributed by atoms with van der Waals surface area (Å²) in [4.78, 5) is 16.0. The molecule has 94 valence electrons. The van der Waals surface area contributed by atoms with Crippen molar-refractivity contribution < 1.29 is 9.90 Å². The molecule has 0 unspecified atom stereocenters. The quantitative estimate of drug-likeness (QED) is 0.793. The molecule has 0 fully saturated rings. The molecule has 0 aliphatic heterocycles. The van der Waals surface area contributed by atoms with Crippen LogP contribution in [-0.2, 0) is 4.79 Å². The Bertz CT molecular complexity index is 535. The van der Waals surface area contributed by atoms with Gasteiger partial charge in [-0.25, -0.2) is 0 Å². The molecule has 2 N–H and O–H groups in total. The fourth-order valence-electron chi connectivity index (χ4n) is 1.82. The molecule has 0 aliphatic carbocycles. The van der Waals surface area contributed by atoms with Gasteiger partial charge < -0.3 is 10.4 Å². The van der Waals surface area contributed by atoms with Gasteiger partial charge in [-0.1, -0.05) is 18.2 Å². The van der Waals surface area contributed by atoms with Gasteiger partial charge in [0.15, 0.2) is 0 Å². The van der Waals surface area contributed by atoms with Crippen LogP contribution < -0.4 is 5.32 Å². The number of rotatable bonds is 5. The van der Waals surface area contributed by atoms with E-state index in [1.165, 1.54) is 0 Å². The number of benzene rings is 1. The Kier molecular flexibility index (Phi) is 4.25. The summed E-state index contributed by atoms with van der Waals surface area (Å²) in [6, 6.07) is 9.54. The third-order valence-electron chi connectivity index (χ3n) is 2.72. The maximum atomic E-state index is 11.7. The number of carbonyl (C=O) groups is 1. The Morgan fingerprint density at radius 2 is 2.06 bits per heavy atom. The SMILES string of the molecule is O=C(CCCCO)Nc1cccc2cccnc12. The highest BCUT2D eigenvalue weighted by atomic mass is 16.2. The van der Waals surface area contributed by atoms with Crippen molar-refractivity contribution in [3.05, 3.63) is 36.5 Å². The predicted octanol–water partition coefficient (Wildman–Crippen LogP) is 2.34. The largest absolute Gasteiger partial charge is 0.396 e. The number of aliphatic hydroxyl groups is 1. The number of aromatic nitrogens is 1. The number of hydrogen-bond acceptors (Lipinski definition) is 3. The molecule has 1 heterocycles. The van der Waals surface area contributed by atoms with Crippen molar-refractivity contribution in [3.63, 3.8) is 0 Å². The van der Waals surface area contributed by atoms with Crippen molar-refractivity contribution in [2.45, 2.75) is 19.3 Å². The highest BCUT2D eigenvalue weighted by molar-refractivity contribution is 6.00. The number of nitrogens with one attached hydrogen (secondary N) is 1. The zero-order valence-corrected chi connectivity index (χ0v) is 10.1. The number of amides is 1. The predicted molar refractivity (Wildman–Crippen MR) is 71.3 cm³/mol. The van der Waals surface area contributed by atoms with E-state index in [0.717, 1.165) is 16.6 Å². The van der Waals surface area contributed by atoms with Crippen LogP contribution in [0.4, 0.5) is 5.69 Å². The number of aliphatic hydroxyl groups excluding tert-OH is 1. The Morgan fingerprint density at radius 1 is 1.22 bits per heavy atom. The summed E-state index contributed by atoms with van der Waals surface area (Å²) in [5, 5.41) is 12.5. The zero-order valence-electron chi connectivity index (χ0n) is 10.1. The molecule has 0 radical (unpaired) electrons. The van der Waals surface area contributed by atoms with Gasteiger partial charge in [-0.3, -0.25) is 9.78 Å². The number of hydrogen-bond donors (Lipinski definition) is 2. The first-order valence-electron chi connectivity index (χ1n) is 6.06. The zero-order chi connectivity index (χ0) is 12.8. The Hall–Kier alpha value is -1.94. The smallest absolute Gasteiger partial charge is 0.224 e. The first-order chi connectivity index (χ1) is 8.81. The van der Waals surface area contributed by atoms with Crippen LogP contribution in [0.5, 0.6) is 0 Å². The number of nitrogens with zero attached hydrogens (tertiary/aromatic N) is 1. The standard InChI is InChI=1S/C14H16N2O2/c17-10-2-1-8-13(18)16-12-7-3-5-11-6-4-9-15-14(11)12/h3-7,9,17H,1-2,8,10H2,(H,16,18). The fourth-order valence-corrected chi connectivity index (χ4v) is 1.82. The van der Waals surface area contributed by atoms with Crippen LogP contribution in [0.3, 0.4) is 0 Å². The minimum atomic E-state index is -0.0402. The van der Waals surface area contributed by atoms with Crippen molar-refractivity contribution in [2.24, 2.45) is 0 Å². The van der Waals surface area contributed by atoms with Crippen LogP contribution in [0, 0.1) is 0 Å². The molecule has 0 spiro atoms. The van der Waals surface area contributed by atoms with Crippen molar-refractivity contribution in [3.8, 4) is 0 Å². The van der Waals surface area contributed by atoms with Gasteiger partial charge in [0.05, 0.1) is 11.2 Å². The molecule has 0 atom stereocenters. The Labute approximate surface area is 106 Å². The van der Waals surface area contributed by atoms with Gasteiger partial charge in [-0.15, -0.1) is 0 Å². The second kappa shape index (κ2) is 6.12. The van der Waals surface area contributed by atoms with Gasteiger partial charge in [0.25, 0.3) is 0 Å². The summed E-state index contributed by atoms with van der Waals surface area (Å²) < 4.78 is 0. The van der Waals surface area contributed by atoms with Gasteiger partial charge in [0.2, 0.25) is 5.91 Å². The van der Waals surface area contributed by atoms with Crippen LogP contribution in [0.15, 0.2) is 36.5 Å². The number of unbranched alkanes of at least 4 members (excludes halogenated alkanes) is 1. The van der Waals surface area contributed by atoms with Crippen LogP contribution in [0.1, 0.15) is 19.3 Å². The molecule has 4 nitrogen and oxygen atoms in total. The van der Waals surface area contributed by atoms with E-state index in [1.54, 1.807) is 6.20 Å². The molecular weight excluding hydrogens is 228 g/mol. The average molecular weight is 244 g/mol. The molecule has 0 saturated heterocycles. The second-order valence-corrected chi connectivity index (χ2v) is 4.11. The molecule has 4 heteroatoms. The molecule has 1 aromatic heterocycles. The third-order valence-corrected chi connectivity index (χ3v) is 2.72. The highest BCUT2D eigenvalue weighted by Gasteiger charge is 2.05. The summed E-state index contributed by atoms with van der Waals surface area (Å²) in [7, 11) is 0. The summed E-state index contributed by atoms with van der Waals surface area (Å²) in [5.74, 6) is -0.0402. The lowest BCUT2D eigenvalue weighted by Crippen LogP contribution is -2.11. The number of para-hydroxylation sites is 1. The third kappa shape index (κ3) is 3.05. The molecule has 0 saturated carbocycles. The molecular formula is C14H16N2O2. The lowest BCUT2D eigenvalue weighted by Gasteiger charge is -2.07. The topological polar surface area (TPSA) is 62.2 Å². The second-order valence-electron chi connectivity index (χ2n) is 4.11. The lowest BCUT2D eigenvalue weighted by atomic mass is 10.2. The molecule has 2 aromatic rings. The summed E-state index contributed by atoms with van der Waals surface area (Å²) in [5.41, 5.74) is 1.54. The van der Waals surface area contributed by atoms with Gasteiger partial charge in [0, 0.05) is 24.6 Å². The van der Waals surface area contributed by atoms with E-state index in [0.29, 0.717) is 19.3 Å². The van der Waals surface area contributed by atoms with Crippen LogP contribution in [-0.4, -0.2) is 22.6 Å². The number of fused-ring (bicyclic) bond motifs is 1. The van der Waals surface area contributed by atoms with Crippen molar-refractivity contribution in [1.29, 1.82) is 0 Å². The van der Waals surface area contributed by atoms with Crippen LogP contribution in [0.25, 0.3) is 10.9 Å². The molecule has 2 rings (SSSR count). The highest BCUT2D eigenvalue weighted by Crippen LogP contribution is 2.20. The molecule has 1 aromatic carbocycles. The molecule has 0 bridgehead atoms. The van der Waals surface area contributed by atoms with Gasteiger partial charge in [-0.05, 0) is 25.0 Å². The van der Waals surface area contributed by atoms with Gasteiger partial charge in [-0.2, -0.15) is 0 Å². The van der Waals surface area contributed by atoms with Gasteiger partial charge >= 0.3 is 0 Å². The number of carbonyl (C=O) groups excluding carboxylic acids is 1. The minimum Gasteiger partial charge on any atom is -0.396 e. The van der Waals surface area contributed by atoms with Crippen molar-refractivity contribution >= 4 is 22.5 Å². The van der Waals surface area contributed by atoms with Crippen molar-refractivity contribution in [1.82, 2.24) is 4.98 Å². The van der Waals surface area contributed by atoms with Gasteiger partial charge in [0.1, 0.15) is 0 Å². The Balaban J connectivity index is 2.09. The number of pyridine rings is 1. The van der Waals surface area contributed by atoms with E-state index >= 15 is 0 Å². The Morgan fingerprint density at radius 3 is 2.89 bits per heavy atom. The molecule has 18 heavy (non-hydrogen) atoms. The summed E-state index contributed by atoms with van der Waals surface area (Å²) in [6.07, 6.45) is 3.48. The lowest BCUT2D eigenvalue weighted by molar-refractivity contribution is -0.116. The fraction of sp³-hybridized carbons (Fsp3) is 0.286. The summed E-state index contributed by atoms with van der Waals surface area (Å²) in [6.45, 7) is 0.128. The monoisotopic (exact) mass is 244 g/mol. The molecule has 1 amide bonds. The first kappa shape index (κ1) is 12.5. The van der Waals surface area contributed by atoms with Crippen LogP contribution in [0.2, 0.25) is 0 Å². The van der Waals surface area contributed by atoms with E-state index in [-0.39, 0.29) is 12.5 Å². The maximum absolute atomic E-state index is 11.7.